The second-order valence-corrected chi connectivity index (χ2v) is 8.66. The van der Waals surface area contributed by atoms with Crippen LogP contribution in [-0.4, -0.2) is 42.1 Å². The first kappa shape index (κ1) is 18.6. The molecule has 29 heavy (non-hydrogen) atoms. The zero-order valence-electron chi connectivity index (χ0n) is 16.9. The summed E-state index contributed by atoms with van der Waals surface area (Å²) in [6.45, 7) is 6.10. The van der Waals surface area contributed by atoms with E-state index in [-0.39, 0.29) is 24.0 Å². The van der Waals surface area contributed by atoms with E-state index in [0.29, 0.717) is 11.8 Å². The molecular formula is C24H28N2O3. The molecule has 1 saturated carbocycles. The zero-order valence-corrected chi connectivity index (χ0v) is 16.9. The highest BCUT2D eigenvalue weighted by atomic mass is 16.5. The van der Waals surface area contributed by atoms with Crippen LogP contribution in [0.25, 0.3) is 10.9 Å². The minimum absolute atomic E-state index is 0.0502. The Balaban J connectivity index is 1.55. The van der Waals surface area contributed by atoms with Gasteiger partial charge in [-0.05, 0) is 68.3 Å². The first-order valence-corrected chi connectivity index (χ1v) is 10.7. The van der Waals surface area contributed by atoms with E-state index in [4.69, 9.17) is 9.47 Å². The van der Waals surface area contributed by atoms with Crippen LogP contribution in [0, 0.1) is 17.8 Å². The number of hydrogen-bond donors (Lipinski definition) is 0. The van der Waals surface area contributed by atoms with Crippen LogP contribution >= 0.6 is 0 Å². The Bertz CT molecular complexity index is 939. The molecule has 1 aromatic carbocycles. The number of aromatic nitrogens is 1. The molecule has 5 nitrogen and oxygen atoms in total. The summed E-state index contributed by atoms with van der Waals surface area (Å²) in [4.78, 5) is 19.7. The van der Waals surface area contributed by atoms with Gasteiger partial charge in [-0.15, -0.1) is 6.58 Å². The molecule has 1 unspecified atom stereocenters. The number of pyridine rings is 1. The van der Waals surface area contributed by atoms with Crippen molar-refractivity contribution >= 4 is 16.9 Å². The Kier molecular flexibility index (Phi) is 4.78. The summed E-state index contributed by atoms with van der Waals surface area (Å²) < 4.78 is 11.7. The van der Waals surface area contributed by atoms with Gasteiger partial charge < -0.3 is 9.47 Å². The van der Waals surface area contributed by atoms with Crippen LogP contribution in [0.1, 0.15) is 37.4 Å². The number of ether oxygens (including phenoxy) is 2. The van der Waals surface area contributed by atoms with Crippen LogP contribution in [-0.2, 0) is 9.53 Å². The van der Waals surface area contributed by atoms with E-state index in [1.807, 2.05) is 30.5 Å². The molecule has 0 N–H and O–H groups in total. The van der Waals surface area contributed by atoms with Gasteiger partial charge in [0.05, 0.1) is 24.6 Å². The Hall–Kier alpha value is -2.40. The van der Waals surface area contributed by atoms with Gasteiger partial charge in [-0.2, -0.15) is 0 Å². The zero-order chi connectivity index (χ0) is 20.0. The minimum atomic E-state index is -0.283. The van der Waals surface area contributed by atoms with Crippen LogP contribution in [0.5, 0.6) is 5.75 Å². The van der Waals surface area contributed by atoms with Crippen molar-refractivity contribution in [2.45, 2.75) is 37.8 Å². The number of carbonyl (C=O) groups is 1. The molecule has 152 valence electrons. The van der Waals surface area contributed by atoms with E-state index in [1.165, 1.54) is 6.42 Å². The second kappa shape index (κ2) is 7.45. The first-order valence-electron chi connectivity index (χ1n) is 10.7. The van der Waals surface area contributed by atoms with E-state index < -0.39 is 0 Å². The van der Waals surface area contributed by atoms with Gasteiger partial charge in [0.2, 0.25) is 0 Å². The highest BCUT2D eigenvalue weighted by Gasteiger charge is 2.45. The van der Waals surface area contributed by atoms with Gasteiger partial charge in [-0.25, -0.2) is 0 Å². The molecule has 6 rings (SSSR count). The summed E-state index contributed by atoms with van der Waals surface area (Å²) in [7, 11) is 1.67. The molecule has 0 radical (unpaired) electrons. The van der Waals surface area contributed by atoms with Crippen molar-refractivity contribution in [3.63, 3.8) is 0 Å². The van der Waals surface area contributed by atoms with E-state index >= 15 is 0 Å². The average molecular weight is 392 g/mol. The fraction of sp³-hybridized carbons (Fsp3) is 0.500. The highest BCUT2D eigenvalue weighted by Crippen LogP contribution is 2.44. The molecule has 0 amide bonds. The van der Waals surface area contributed by atoms with Crippen molar-refractivity contribution in [3.05, 3.63) is 48.7 Å². The number of nitrogens with zero attached hydrogens (tertiary/aromatic N) is 2. The average Bonchev–Trinajstić information content (AvgIpc) is 3.62. The number of carbonyl (C=O) groups excluding carboxylic acids is 1. The molecule has 4 heterocycles. The van der Waals surface area contributed by atoms with Crippen LogP contribution in [0.15, 0.2) is 43.1 Å². The maximum atomic E-state index is 12.7. The Morgan fingerprint density at radius 3 is 2.86 bits per heavy atom. The third kappa shape index (κ3) is 3.42. The van der Waals surface area contributed by atoms with Gasteiger partial charge in [0, 0.05) is 23.7 Å². The number of rotatable bonds is 6. The maximum Gasteiger partial charge on any atom is 0.309 e. The summed E-state index contributed by atoms with van der Waals surface area (Å²) in [6, 6.07) is 8.12. The highest BCUT2D eigenvalue weighted by molar-refractivity contribution is 5.84. The van der Waals surface area contributed by atoms with Crippen LogP contribution < -0.4 is 4.74 Å². The topological polar surface area (TPSA) is 51.7 Å². The summed E-state index contributed by atoms with van der Waals surface area (Å²) in [5.41, 5.74) is 1.94. The number of methoxy groups -OCH3 is 1. The molecule has 0 spiro atoms. The van der Waals surface area contributed by atoms with Gasteiger partial charge >= 0.3 is 5.97 Å². The lowest BCUT2D eigenvalue weighted by atomic mass is 9.73. The fourth-order valence-corrected chi connectivity index (χ4v) is 5.10. The third-order valence-electron chi connectivity index (χ3n) is 6.95. The monoisotopic (exact) mass is 392 g/mol. The molecule has 5 heteroatoms. The van der Waals surface area contributed by atoms with Gasteiger partial charge in [0.1, 0.15) is 11.9 Å². The fourth-order valence-electron chi connectivity index (χ4n) is 5.10. The van der Waals surface area contributed by atoms with E-state index in [0.717, 1.165) is 54.6 Å². The lowest BCUT2D eigenvalue weighted by Crippen LogP contribution is -2.55. The summed E-state index contributed by atoms with van der Waals surface area (Å²) in [5, 5.41) is 1.00. The minimum Gasteiger partial charge on any atom is -0.497 e. The number of fused-ring (bicyclic) bond motifs is 4. The van der Waals surface area contributed by atoms with Crippen molar-refractivity contribution in [1.82, 2.24) is 9.88 Å². The van der Waals surface area contributed by atoms with Gasteiger partial charge in [-0.1, -0.05) is 6.08 Å². The predicted molar refractivity (Wildman–Crippen MR) is 112 cm³/mol. The van der Waals surface area contributed by atoms with Gasteiger partial charge in [0.25, 0.3) is 0 Å². The molecule has 1 aliphatic carbocycles. The van der Waals surface area contributed by atoms with Crippen LogP contribution in [0.2, 0.25) is 0 Å². The van der Waals surface area contributed by atoms with Crippen molar-refractivity contribution in [3.8, 4) is 5.75 Å². The molecule has 1 aromatic heterocycles. The van der Waals surface area contributed by atoms with Gasteiger partial charge in [0.15, 0.2) is 0 Å². The summed E-state index contributed by atoms with van der Waals surface area (Å²) in [6.07, 6.45) is 7.77. The number of hydrogen-bond acceptors (Lipinski definition) is 5. The van der Waals surface area contributed by atoms with Crippen LogP contribution in [0.3, 0.4) is 0 Å². The standard InChI is InChI=1S/C24H28N2O3/c1-3-15-14-26-11-9-17(15)12-22(26)23(29-24(27)16-4-5-16)19-8-10-25-21-7-6-18(28-2)13-20(19)21/h3,6-8,10,13,15-17,22-23H,1,4-5,9,11-12,14H2,2H3/t15-,17+,22-,23+/m0/s1. The number of benzene rings is 1. The molecule has 2 bridgehead atoms. The summed E-state index contributed by atoms with van der Waals surface area (Å²) in [5.74, 6) is 1.97. The Morgan fingerprint density at radius 2 is 2.17 bits per heavy atom. The molecule has 4 aliphatic rings. The maximum absolute atomic E-state index is 12.7. The van der Waals surface area contributed by atoms with Crippen molar-refractivity contribution in [1.29, 1.82) is 0 Å². The molecule has 3 saturated heterocycles. The predicted octanol–water partition coefficient (Wildman–Crippen LogP) is 4.13. The van der Waals surface area contributed by atoms with Crippen molar-refractivity contribution < 1.29 is 14.3 Å². The molecular weight excluding hydrogens is 364 g/mol. The summed E-state index contributed by atoms with van der Waals surface area (Å²) >= 11 is 0. The molecule has 4 fully saturated rings. The van der Waals surface area contributed by atoms with Crippen molar-refractivity contribution in [2.24, 2.45) is 17.8 Å². The molecule has 2 aromatic rings. The Labute approximate surface area is 171 Å². The van der Waals surface area contributed by atoms with Crippen LogP contribution in [0.4, 0.5) is 0 Å². The normalized spacial score (nSPS) is 29.4. The SMILES string of the molecule is C=C[C@H]1CN2CC[C@@H]1C[C@H]2[C@H](OC(=O)C1CC1)c1ccnc2ccc(OC)cc12. The van der Waals surface area contributed by atoms with E-state index in [1.54, 1.807) is 7.11 Å². The number of piperidine rings is 3. The third-order valence-corrected chi connectivity index (χ3v) is 6.95. The van der Waals surface area contributed by atoms with E-state index in [2.05, 4.69) is 22.5 Å². The largest absolute Gasteiger partial charge is 0.497 e. The lowest BCUT2D eigenvalue weighted by molar-refractivity contribution is -0.158. The molecule has 5 atom stereocenters. The number of esters is 1. The van der Waals surface area contributed by atoms with E-state index in [9.17, 15) is 4.79 Å². The molecule has 3 aliphatic heterocycles. The lowest BCUT2D eigenvalue weighted by Gasteiger charge is -2.51. The second-order valence-electron chi connectivity index (χ2n) is 8.66. The van der Waals surface area contributed by atoms with Gasteiger partial charge in [-0.3, -0.25) is 14.7 Å². The smallest absolute Gasteiger partial charge is 0.309 e. The van der Waals surface area contributed by atoms with Crippen molar-refractivity contribution in [2.75, 3.05) is 20.2 Å². The quantitative estimate of drug-likeness (QED) is 0.546. The first-order chi connectivity index (χ1) is 14.2. The Morgan fingerprint density at radius 1 is 1.31 bits per heavy atom.